The molecule has 2 heterocycles. The molecule has 0 atom stereocenters. The summed E-state index contributed by atoms with van der Waals surface area (Å²) in [4.78, 5) is 27.3. The molecule has 30 heavy (non-hydrogen) atoms. The Morgan fingerprint density at radius 1 is 1.10 bits per heavy atom. The third-order valence-corrected chi connectivity index (χ3v) is 5.22. The maximum absolute atomic E-state index is 13.0. The number of carbonyl (C=O) groups is 1. The van der Waals surface area contributed by atoms with E-state index in [1.807, 2.05) is 36.2 Å². The summed E-state index contributed by atoms with van der Waals surface area (Å²) in [5.41, 5.74) is 1.98. The van der Waals surface area contributed by atoms with Gasteiger partial charge in [-0.05, 0) is 19.2 Å². The van der Waals surface area contributed by atoms with Crippen molar-refractivity contribution in [2.75, 3.05) is 14.1 Å². The van der Waals surface area contributed by atoms with Gasteiger partial charge in [0, 0.05) is 36.3 Å². The van der Waals surface area contributed by atoms with Crippen LogP contribution in [-0.2, 0) is 19.6 Å². The van der Waals surface area contributed by atoms with Crippen LogP contribution in [0.3, 0.4) is 0 Å². The van der Waals surface area contributed by atoms with E-state index in [0.29, 0.717) is 17.3 Å². The Labute approximate surface area is 173 Å². The van der Waals surface area contributed by atoms with E-state index >= 15 is 0 Å². The normalized spacial score (nSPS) is 11.5. The van der Waals surface area contributed by atoms with E-state index in [-0.39, 0.29) is 23.8 Å². The fourth-order valence-electron chi connectivity index (χ4n) is 3.77. The van der Waals surface area contributed by atoms with Gasteiger partial charge in [0.2, 0.25) is 0 Å². The number of nitrogens with one attached hydrogen (secondary N) is 1. The van der Waals surface area contributed by atoms with Crippen molar-refractivity contribution in [2.45, 2.75) is 26.6 Å². The Hall–Kier alpha value is -3.45. The van der Waals surface area contributed by atoms with Crippen molar-refractivity contribution >= 4 is 27.6 Å². The van der Waals surface area contributed by atoms with E-state index in [1.165, 1.54) is 4.68 Å². The minimum absolute atomic E-state index is 0.224. The van der Waals surface area contributed by atoms with Crippen molar-refractivity contribution in [3.63, 3.8) is 0 Å². The summed E-state index contributed by atoms with van der Waals surface area (Å²) >= 11 is 0. The van der Waals surface area contributed by atoms with E-state index in [0.717, 1.165) is 28.7 Å². The molecule has 0 radical (unpaired) electrons. The van der Waals surface area contributed by atoms with E-state index in [4.69, 9.17) is 4.42 Å². The quantitative estimate of drug-likeness (QED) is 0.534. The number of amides is 1. The topological polar surface area (TPSA) is 80.4 Å². The monoisotopic (exact) mass is 404 g/mol. The highest BCUT2D eigenvalue weighted by molar-refractivity contribution is 6.04. The molecule has 4 rings (SSSR count). The van der Waals surface area contributed by atoms with Crippen molar-refractivity contribution in [1.29, 1.82) is 0 Å². The first kappa shape index (κ1) is 19.8. The van der Waals surface area contributed by atoms with Gasteiger partial charge in [-0.3, -0.25) is 14.5 Å². The van der Waals surface area contributed by atoms with Gasteiger partial charge in [0.25, 0.3) is 11.5 Å². The number of furan rings is 1. The molecule has 0 spiro atoms. The van der Waals surface area contributed by atoms with Crippen molar-refractivity contribution in [1.82, 2.24) is 20.0 Å². The highest BCUT2D eigenvalue weighted by Gasteiger charge is 2.18. The minimum Gasteiger partial charge on any atom is -0.461 e. The molecule has 2 aromatic carbocycles. The largest absolute Gasteiger partial charge is 0.461 e. The van der Waals surface area contributed by atoms with Gasteiger partial charge in [-0.15, -0.1) is 0 Å². The number of nitrogens with zero attached hydrogens (tertiary/aromatic N) is 3. The smallest absolute Gasteiger partial charge is 0.275 e. The Morgan fingerprint density at radius 3 is 2.47 bits per heavy atom. The standard InChI is InChI=1S/C23H24N4O3/c1-4-19-18(15-9-7-8-12-20(15)30-19)13-26(3)14-27-23(29)17-11-6-5-10-16(17)21(25-27)22(28)24-2/h5-12H,4,13-14H2,1-3H3,(H,24,28). The predicted molar refractivity (Wildman–Crippen MR) is 116 cm³/mol. The molecule has 0 aliphatic rings. The molecule has 0 saturated heterocycles. The van der Waals surface area contributed by atoms with Gasteiger partial charge in [0.1, 0.15) is 11.3 Å². The average molecular weight is 404 g/mol. The second-order valence-corrected chi connectivity index (χ2v) is 7.29. The highest BCUT2D eigenvalue weighted by atomic mass is 16.3. The fourth-order valence-corrected chi connectivity index (χ4v) is 3.77. The lowest BCUT2D eigenvalue weighted by atomic mass is 10.1. The van der Waals surface area contributed by atoms with Crippen LogP contribution in [0.1, 0.15) is 28.7 Å². The number of fused-ring (bicyclic) bond motifs is 2. The molecule has 1 amide bonds. The summed E-state index contributed by atoms with van der Waals surface area (Å²) in [6.45, 7) is 2.90. The molecule has 1 N–H and O–H groups in total. The molecule has 7 nitrogen and oxygen atoms in total. The average Bonchev–Trinajstić information content (AvgIpc) is 3.12. The first-order chi connectivity index (χ1) is 14.5. The van der Waals surface area contributed by atoms with Crippen LogP contribution in [0.2, 0.25) is 0 Å². The van der Waals surface area contributed by atoms with E-state index in [1.54, 1.807) is 31.3 Å². The third-order valence-electron chi connectivity index (χ3n) is 5.22. The zero-order valence-corrected chi connectivity index (χ0v) is 17.3. The predicted octanol–water partition coefficient (Wildman–Crippen LogP) is 3.15. The fraction of sp³-hybridized carbons (Fsp3) is 0.261. The van der Waals surface area contributed by atoms with Crippen LogP contribution < -0.4 is 10.9 Å². The van der Waals surface area contributed by atoms with Crippen LogP contribution >= 0.6 is 0 Å². The first-order valence-electron chi connectivity index (χ1n) is 9.93. The molecule has 4 aromatic rings. The zero-order chi connectivity index (χ0) is 21.3. The van der Waals surface area contributed by atoms with Crippen molar-refractivity contribution < 1.29 is 9.21 Å². The van der Waals surface area contributed by atoms with E-state index < -0.39 is 0 Å². The summed E-state index contributed by atoms with van der Waals surface area (Å²) in [6, 6.07) is 15.0. The number of carbonyl (C=O) groups excluding carboxylic acids is 1. The molecule has 0 aliphatic carbocycles. The zero-order valence-electron chi connectivity index (χ0n) is 17.3. The maximum atomic E-state index is 13.0. The van der Waals surface area contributed by atoms with Gasteiger partial charge in [-0.1, -0.05) is 43.3 Å². The summed E-state index contributed by atoms with van der Waals surface area (Å²) in [5.74, 6) is 0.615. The second kappa shape index (κ2) is 8.12. The van der Waals surface area contributed by atoms with E-state index in [2.05, 4.69) is 17.3 Å². The molecule has 7 heteroatoms. The van der Waals surface area contributed by atoms with Crippen LogP contribution in [0.25, 0.3) is 21.7 Å². The molecule has 2 aromatic heterocycles. The first-order valence-corrected chi connectivity index (χ1v) is 9.93. The van der Waals surface area contributed by atoms with Crippen molar-refractivity contribution in [2.24, 2.45) is 0 Å². The van der Waals surface area contributed by atoms with Crippen LogP contribution in [0, 0.1) is 0 Å². The van der Waals surface area contributed by atoms with Gasteiger partial charge in [0.15, 0.2) is 5.69 Å². The number of para-hydroxylation sites is 1. The van der Waals surface area contributed by atoms with Gasteiger partial charge < -0.3 is 9.73 Å². The third kappa shape index (κ3) is 3.48. The lowest BCUT2D eigenvalue weighted by molar-refractivity contribution is 0.0956. The molecular formula is C23H24N4O3. The Morgan fingerprint density at radius 2 is 1.77 bits per heavy atom. The number of rotatable bonds is 6. The van der Waals surface area contributed by atoms with Gasteiger partial charge in [0.05, 0.1) is 12.1 Å². The van der Waals surface area contributed by atoms with Crippen LogP contribution in [0.4, 0.5) is 0 Å². The maximum Gasteiger partial charge on any atom is 0.275 e. The Bertz CT molecular complexity index is 1290. The molecule has 0 unspecified atom stereocenters. The molecule has 0 bridgehead atoms. The molecular weight excluding hydrogens is 380 g/mol. The minimum atomic E-state index is -0.322. The number of aromatic nitrogens is 2. The van der Waals surface area contributed by atoms with Crippen molar-refractivity contribution in [3.05, 3.63) is 75.9 Å². The summed E-state index contributed by atoms with van der Waals surface area (Å²) in [5, 5.41) is 9.07. The lowest BCUT2D eigenvalue weighted by Gasteiger charge is -2.18. The molecule has 0 fully saturated rings. The van der Waals surface area contributed by atoms with Crippen LogP contribution in [-0.4, -0.2) is 34.7 Å². The molecule has 154 valence electrons. The highest BCUT2D eigenvalue weighted by Crippen LogP contribution is 2.27. The number of aryl methyl sites for hydroxylation is 1. The van der Waals surface area contributed by atoms with Crippen LogP contribution in [0.15, 0.2) is 57.7 Å². The summed E-state index contributed by atoms with van der Waals surface area (Å²) in [7, 11) is 3.47. The number of hydrogen-bond donors (Lipinski definition) is 1. The van der Waals surface area contributed by atoms with E-state index in [9.17, 15) is 9.59 Å². The van der Waals surface area contributed by atoms with Gasteiger partial charge >= 0.3 is 0 Å². The number of hydrogen-bond acceptors (Lipinski definition) is 5. The summed E-state index contributed by atoms with van der Waals surface area (Å²) < 4.78 is 7.33. The molecule has 0 saturated carbocycles. The Kier molecular flexibility index (Phi) is 5.37. The lowest BCUT2D eigenvalue weighted by Crippen LogP contribution is -2.34. The Balaban J connectivity index is 1.70. The summed E-state index contributed by atoms with van der Waals surface area (Å²) in [6.07, 6.45) is 0.785. The second-order valence-electron chi connectivity index (χ2n) is 7.29. The van der Waals surface area contributed by atoms with Crippen LogP contribution in [0.5, 0.6) is 0 Å². The molecule has 0 aliphatic heterocycles. The van der Waals surface area contributed by atoms with Crippen molar-refractivity contribution in [3.8, 4) is 0 Å². The SMILES string of the molecule is CCc1oc2ccccc2c1CN(C)Cn1nc(C(=O)NC)c2ccccc2c1=O. The van der Waals surface area contributed by atoms with Gasteiger partial charge in [-0.2, -0.15) is 5.10 Å². The number of benzene rings is 2. The van der Waals surface area contributed by atoms with Gasteiger partial charge in [-0.25, -0.2) is 4.68 Å².